The van der Waals surface area contributed by atoms with Crippen LogP contribution in [-0.4, -0.2) is 23.6 Å². The van der Waals surface area contributed by atoms with Crippen LogP contribution in [0.5, 0.6) is 5.75 Å². The highest BCUT2D eigenvalue weighted by molar-refractivity contribution is 5.33. The van der Waals surface area contributed by atoms with Gasteiger partial charge in [-0.3, -0.25) is 0 Å². The lowest BCUT2D eigenvalue weighted by atomic mass is 9.98. The van der Waals surface area contributed by atoms with Crippen molar-refractivity contribution in [1.29, 1.82) is 0 Å². The van der Waals surface area contributed by atoms with Crippen LogP contribution in [0.2, 0.25) is 0 Å². The summed E-state index contributed by atoms with van der Waals surface area (Å²) in [4.78, 5) is 8.50. The summed E-state index contributed by atoms with van der Waals surface area (Å²) in [5.74, 6) is 1.56. The third-order valence-electron chi connectivity index (χ3n) is 2.63. The van der Waals surface area contributed by atoms with Gasteiger partial charge in [0.15, 0.2) is 0 Å². The maximum Gasteiger partial charge on any atom is 0.136 e. The van der Waals surface area contributed by atoms with E-state index in [2.05, 4.69) is 9.97 Å². The van der Waals surface area contributed by atoms with Crippen molar-refractivity contribution in [2.24, 2.45) is 5.73 Å². The highest BCUT2D eigenvalue weighted by atomic mass is 16.5. The van der Waals surface area contributed by atoms with Crippen LogP contribution >= 0.6 is 0 Å². The molecule has 0 bridgehead atoms. The number of hydrogen-bond acceptors (Lipinski definition) is 4. The molecule has 0 saturated heterocycles. The Labute approximate surface area is 100 Å². The average molecular weight is 229 g/mol. The van der Waals surface area contributed by atoms with Gasteiger partial charge in [0.2, 0.25) is 0 Å². The highest BCUT2D eigenvalue weighted by Gasteiger charge is 2.15. The smallest absolute Gasteiger partial charge is 0.136 e. The van der Waals surface area contributed by atoms with Gasteiger partial charge >= 0.3 is 0 Å². The summed E-state index contributed by atoms with van der Waals surface area (Å²) in [6.07, 6.45) is 3.45. The third-order valence-corrected chi connectivity index (χ3v) is 2.63. The molecule has 2 rings (SSSR count). The predicted octanol–water partition coefficient (Wildman–Crippen LogP) is 1.58. The number of rotatable bonds is 4. The van der Waals surface area contributed by atoms with E-state index in [0.29, 0.717) is 6.54 Å². The van der Waals surface area contributed by atoms with Crippen molar-refractivity contribution in [3.63, 3.8) is 0 Å². The van der Waals surface area contributed by atoms with Crippen LogP contribution in [0.1, 0.15) is 17.3 Å². The molecule has 4 nitrogen and oxygen atoms in total. The van der Waals surface area contributed by atoms with Crippen LogP contribution in [0.4, 0.5) is 0 Å². The Morgan fingerprint density at radius 3 is 2.65 bits per heavy atom. The Kier molecular flexibility index (Phi) is 3.67. The molecule has 4 heteroatoms. The molecule has 2 N–H and O–H groups in total. The largest absolute Gasteiger partial charge is 0.497 e. The van der Waals surface area contributed by atoms with E-state index in [1.807, 2.05) is 24.3 Å². The molecule has 0 spiro atoms. The fourth-order valence-electron chi connectivity index (χ4n) is 1.74. The van der Waals surface area contributed by atoms with Crippen LogP contribution in [0.15, 0.2) is 42.7 Å². The Morgan fingerprint density at radius 1 is 1.24 bits per heavy atom. The lowest BCUT2D eigenvalue weighted by Gasteiger charge is -2.14. The first-order chi connectivity index (χ1) is 8.35. The molecule has 0 fully saturated rings. The second kappa shape index (κ2) is 5.41. The van der Waals surface area contributed by atoms with Crippen molar-refractivity contribution in [1.82, 2.24) is 9.97 Å². The van der Waals surface area contributed by atoms with Gasteiger partial charge in [-0.25, -0.2) is 9.97 Å². The van der Waals surface area contributed by atoms with Crippen LogP contribution in [0, 0.1) is 0 Å². The summed E-state index contributed by atoms with van der Waals surface area (Å²) in [6.45, 7) is 0.469. The maximum atomic E-state index is 5.81. The Balaban J connectivity index is 2.35. The van der Waals surface area contributed by atoms with Crippen molar-refractivity contribution in [3.8, 4) is 5.75 Å². The van der Waals surface area contributed by atoms with Crippen LogP contribution < -0.4 is 10.5 Å². The number of ether oxygens (including phenoxy) is 1. The van der Waals surface area contributed by atoms with E-state index in [1.165, 1.54) is 0 Å². The third kappa shape index (κ3) is 2.60. The second-order valence-corrected chi connectivity index (χ2v) is 3.67. The number of benzene rings is 1. The lowest BCUT2D eigenvalue weighted by molar-refractivity contribution is 0.414. The summed E-state index contributed by atoms with van der Waals surface area (Å²) in [5.41, 5.74) is 6.88. The van der Waals surface area contributed by atoms with E-state index < -0.39 is 0 Å². The molecule has 88 valence electrons. The molecular formula is C13H15N3O. The van der Waals surface area contributed by atoms with Crippen molar-refractivity contribution in [3.05, 3.63) is 54.1 Å². The van der Waals surface area contributed by atoms with Crippen molar-refractivity contribution < 1.29 is 4.74 Å². The van der Waals surface area contributed by atoms with Crippen LogP contribution in [0.25, 0.3) is 0 Å². The molecule has 1 aromatic carbocycles. The van der Waals surface area contributed by atoms with Gasteiger partial charge in [-0.1, -0.05) is 12.1 Å². The normalized spacial score (nSPS) is 12.1. The Bertz CT molecular complexity index is 473. The fourth-order valence-corrected chi connectivity index (χ4v) is 1.74. The molecule has 0 aliphatic heterocycles. The van der Waals surface area contributed by atoms with Gasteiger partial charge in [0.25, 0.3) is 0 Å². The lowest BCUT2D eigenvalue weighted by Crippen LogP contribution is -2.16. The number of methoxy groups -OCH3 is 1. The van der Waals surface area contributed by atoms with Crippen LogP contribution in [-0.2, 0) is 0 Å². The summed E-state index contributed by atoms with van der Waals surface area (Å²) in [6, 6.07) is 9.62. The molecule has 0 amide bonds. The molecular weight excluding hydrogens is 214 g/mol. The van der Waals surface area contributed by atoms with Gasteiger partial charge in [0.1, 0.15) is 11.6 Å². The molecule has 1 unspecified atom stereocenters. The molecule has 0 aliphatic carbocycles. The molecule has 1 atom stereocenters. The van der Waals surface area contributed by atoms with E-state index in [9.17, 15) is 0 Å². The zero-order valence-corrected chi connectivity index (χ0v) is 9.71. The van der Waals surface area contributed by atoms with Crippen molar-refractivity contribution in [2.75, 3.05) is 13.7 Å². The molecule has 0 saturated carbocycles. The zero-order chi connectivity index (χ0) is 12.1. The maximum absolute atomic E-state index is 5.81. The first kappa shape index (κ1) is 11.5. The standard InChI is InChI=1S/C13H15N3O/c1-17-11-5-2-4-10(8-11)12(9-14)13-15-6-3-7-16-13/h2-8,12H,9,14H2,1H3. The van der Waals surface area contributed by atoms with E-state index in [0.717, 1.165) is 17.1 Å². The van der Waals surface area contributed by atoms with Gasteiger partial charge in [0.05, 0.1) is 13.0 Å². The molecule has 17 heavy (non-hydrogen) atoms. The van der Waals surface area contributed by atoms with E-state index in [-0.39, 0.29) is 5.92 Å². The van der Waals surface area contributed by atoms with Gasteiger partial charge in [-0.15, -0.1) is 0 Å². The Morgan fingerprint density at radius 2 is 2.00 bits per heavy atom. The van der Waals surface area contributed by atoms with Crippen LogP contribution in [0.3, 0.4) is 0 Å². The molecule has 2 aromatic rings. The topological polar surface area (TPSA) is 61.0 Å². The first-order valence-electron chi connectivity index (χ1n) is 5.46. The van der Waals surface area contributed by atoms with Gasteiger partial charge in [-0.2, -0.15) is 0 Å². The fraction of sp³-hybridized carbons (Fsp3) is 0.231. The monoisotopic (exact) mass is 229 g/mol. The number of nitrogens with zero attached hydrogens (tertiary/aromatic N) is 2. The second-order valence-electron chi connectivity index (χ2n) is 3.67. The predicted molar refractivity (Wildman–Crippen MR) is 65.9 cm³/mol. The van der Waals surface area contributed by atoms with Crippen molar-refractivity contribution >= 4 is 0 Å². The number of aromatic nitrogens is 2. The molecule has 1 aromatic heterocycles. The number of hydrogen-bond donors (Lipinski definition) is 1. The van der Waals surface area contributed by atoms with Crippen molar-refractivity contribution in [2.45, 2.75) is 5.92 Å². The molecule has 0 radical (unpaired) electrons. The minimum absolute atomic E-state index is 0.00583. The van der Waals surface area contributed by atoms with E-state index >= 15 is 0 Å². The average Bonchev–Trinajstić information content (AvgIpc) is 2.41. The van der Waals surface area contributed by atoms with Gasteiger partial charge < -0.3 is 10.5 Å². The molecule has 0 aliphatic rings. The van der Waals surface area contributed by atoms with Gasteiger partial charge in [0, 0.05) is 18.9 Å². The summed E-state index contributed by atoms with van der Waals surface area (Å²) in [7, 11) is 1.65. The summed E-state index contributed by atoms with van der Waals surface area (Å²) in [5, 5.41) is 0. The summed E-state index contributed by atoms with van der Waals surface area (Å²) >= 11 is 0. The van der Waals surface area contributed by atoms with E-state index in [1.54, 1.807) is 25.6 Å². The number of nitrogens with two attached hydrogens (primary N) is 1. The zero-order valence-electron chi connectivity index (χ0n) is 9.71. The molecule has 1 heterocycles. The van der Waals surface area contributed by atoms with Gasteiger partial charge in [-0.05, 0) is 23.8 Å². The van der Waals surface area contributed by atoms with E-state index in [4.69, 9.17) is 10.5 Å². The SMILES string of the molecule is COc1cccc(C(CN)c2ncccn2)c1. The minimum Gasteiger partial charge on any atom is -0.497 e. The quantitative estimate of drug-likeness (QED) is 0.864. The summed E-state index contributed by atoms with van der Waals surface area (Å²) < 4.78 is 5.20. The minimum atomic E-state index is 0.00583. The highest BCUT2D eigenvalue weighted by Crippen LogP contribution is 2.23. The Hall–Kier alpha value is -1.94. The first-order valence-corrected chi connectivity index (χ1v) is 5.46.